The van der Waals surface area contributed by atoms with Crippen LogP contribution in [0, 0.1) is 24.7 Å². The topological polar surface area (TPSA) is 81.6 Å². The maximum Gasteiger partial charge on any atom is 0.270 e. The fourth-order valence-electron chi connectivity index (χ4n) is 7.33. The molecule has 4 saturated carbocycles. The molecule has 34 heavy (non-hydrogen) atoms. The molecule has 7 heteroatoms. The van der Waals surface area contributed by atoms with E-state index in [0.717, 1.165) is 68.9 Å². The Hall–Kier alpha value is -2.67. The normalized spacial score (nSPS) is 34.4. The first kappa shape index (κ1) is 21.8. The van der Waals surface area contributed by atoms with Crippen LogP contribution < -0.4 is 15.1 Å². The van der Waals surface area contributed by atoms with E-state index >= 15 is 0 Å². The number of pyridine rings is 2. The highest BCUT2D eigenvalue weighted by Crippen LogP contribution is 2.55. The molecule has 1 amide bonds. The van der Waals surface area contributed by atoms with Gasteiger partial charge in [0.05, 0.1) is 17.5 Å². The van der Waals surface area contributed by atoms with Gasteiger partial charge in [-0.25, -0.2) is 4.98 Å². The number of aromatic nitrogens is 2. The van der Waals surface area contributed by atoms with Crippen LogP contribution in [0.4, 0.5) is 11.5 Å². The minimum Gasteiger partial charge on any atom is -0.390 e. The maximum atomic E-state index is 13.2. The summed E-state index contributed by atoms with van der Waals surface area (Å²) in [5, 5.41) is 14.2. The average Bonchev–Trinajstić information content (AvgIpc) is 2.81. The van der Waals surface area contributed by atoms with Crippen LogP contribution in [0.15, 0.2) is 36.5 Å². The average molecular weight is 462 g/mol. The Bertz CT molecular complexity index is 1060. The lowest BCUT2D eigenvalue weighted by Gasteiger charge is -2.58. The van der Waals surface area contributed by atoms with E-state index in [-0.39, 0.29) is 18.0 Å². The minimum absolute atomic E-state index is 0.0802. The van der Waals surface area contributed by atoms with Crippen molar-refractivity contribution in [3.05, 3.63) is 47.9 Å². The second-order valence-corrected chi connectivity index (χ2v) is 11.2. The van der Waals surface area contributed by atoms with Crippen molar-refractivity contribution < 1.29 is 9.90 Å². The molecule has 0 spiro atoms. The first-order chi connectivity index (χ1) is 16.4. The second kappa shape index (κ2) is 8.22. The van der Waals surface area contributed by atoms with Gasteiger partial charge in [0.2, 0.25) is 0 Å². The third kappa shape index (κ3) is 3.94. The molecule has 3 unspecified atom stereocenters. The highest BCUT2D eigenvalue weighted by atomic mass is 16.3. The molecule has 1 saturated heterocycles. The lowest BCUT2D eigenvalue weighted by molar-refractivity contribution is -0.136. The van der Waals surface area contributed by atoms with Crippen molar-refractivity contribution in [2.24, 2.45) is 17.8 Å². The Kier molecular flexibility index (Phi) is 5.28. The number of aliphatic hydroxyl groups is 1. The zero-order valence-electron chi connectivity index (χ0n) is 20.2. The Morgan fingerprint density at radius 1 is 1.12 bits per heavy atom. The van der Waals surface area contributed by atoms with E-state index in [0.29, 0.717) is 23.4 Å². The van der Waals surface area contributed by atoms with Crippen LogP contribution >= 0.6 is 0 Å². The van der Waals surface area contributed by atoms with Crippen LogP contribution in [0.5, 0.6) is 0 Å². The molecule has 3 atom stereocenters. The fraction of sp³-hybridized carbons (Fsp3) is 0.593. The smallest absolute Gasteiger partial charge is 0.270 e. The standard InChI is InChI=1S/C27H35N5O2/c1-17-6-7-22(15-28-17)31-8-9-32(18(2)16-31)24-5-3-4-23(29-24)26(33)30-25-20-10-19-11-21(25)14-27(34,12-19)13-20/h3-7,15,18-21,25,34H,8-14,16H2,1-2H3,(H,30,33). The van der Waals surface area contributed by atoms with Gasteiger partial charge < -0.3 is 20.2 Å². The fourth-order valence-corrected chi connectivity index (χ4v) is 7.33. The molecule has 180 valence electrons. The van der Waals surface area contributed by atoms with Gasteiger partial charge in [-0.05, 0) is 88.0 Å². The number of nitrogens with zero attached hydrogens (tertiary/aromatic N) is 4. The van der Waals surface area contributed by atoms with E-state index in [2.05, 4.69) is 39.2 Å². The van der Waals surface area contributed by atoms with E-state index < -0.39 is 5.60 Å². The predicted molar refractivity (Wildman–Crippen MR) is 132 cm³/mol. The van der Waals surface area contributed by atoms with E-state index in [9.17, 15) is 9.90 Å². The number of nitrogens with one attached hydrogen (secondary N) is 1. The van der Waals surface area contributed by atoms with Crippen molar-refractivity contribution in [1.29, 1.82) is 0 Å². The summed E-state index contributed by atoms with van der Waals surface area (Å²) >= 11 is 0. The maximum absolute atomic E-state index is 13.2. The molecular formula is C27H35N5O2. The number of aryl methyl sites for hydroxylation is 1. The lowest BCUT2D eigenvalue weighted by atomic mass is 9.52. The van der Waals surface area contributed by atoms with Gasteiger partial charge >= 0.3 is 0 Å². The molecule has 0 radical (unpaired) electrons. The van der Waals surface area contributed by atoms with Crippen LogP contribution in [0.25, 0.3) is 0 Å². The van der Waals surface area contributed by atoms with Gasteiger partial charge in [0.1, 0.15) is 11.5 Å². The first-order valence-corrected chi connectivity index (χ1v) is 12.8. The largest absolute Gasteiger partial charge is 0.390 e. The highest BCUT2D eigenvalue weighted by molar-refractivity contribution is 5.93. The molecule has 3 heterocycles. The molecule has 2 N–H and O–H groups in total. The third-order valence-electron chi connectivity index (χ3n) is 8.69. The molecule has 1 aliphatic heterocycles. The number of carbonyl (C=O) groups is 1. The second-order valence-electron chi connectivity index (χ2n) is 11.2. The summed E-state index contributed by atoms with van der Waals surface area (Å²) in [6.45, 7) is 6.84. The van der Waals surface area contributed by atoms with E-state index in [1.165, 1.54) is 0 Å². The van der Waals surface area contributed by atoms with Gasteiger partial charge in [-0.3, -0.25) is 9.78 Å². The minimum atomic E-state index is -0.483. The molecule has 4 aliphatic carbocycles. The molecule has 5 fully saturated rings. The number of rotatable bonds is 4. The predicted octanol–water partition coefficient (Wildman–Crippen LogP) is 3.17. The molecule has 2 aromatic rings. The van der Waals surface area contributed by atoms with Crippen LogP contribution in [0.1, 0.15) is 55.2 Å². The summed E-state index contributed by atoms with van der Waals surface area (Å²) in [6.07, 6.45) is 6.83. The van der Waals surface area contributed by atoms with Crippen molar-refractivity contribution in [2.75, 3.05) is 29.4 Å². The molecule has 2 aromatic heterocycles. The third-order valence-corrected chi connectivity index (χ3v) is 8.69. The summed E-state index contributed by atoms with van der Waals surface area (Å²) < 4.78 is 0. The number of anilines is 2. The van der Waals surface area contributed by atoms with E-state index in [1.54, 1.807) is 0 Å². The van der Waals surface area contributed by atoms with E-state index in [1.807, 2.05) is 31.3 Å². The van der Waals surface area contributed by atoms with Crippen LogP contribution in [-0.2, 0) is 0 Å². The first-order valence-electron chi connectivity index (χ1n) is 12.8. The van der Waals surface area contributed by atoms with Crippen molar-refractivity contribution in [3.8, 4) is 0 Å². The number of amides is 1. The highest BCUT2D eigenvalue weighted by Gasteiger charge is 2.55. The Morgan fingerprint density at radius 2 is 1.91 bits per heavy atom. The summed E-state index contributed by atoms with van der Waals surface area (Å²) in [5.41, 5.74) is 2.18. The summed E-state index contributed by atoms with van der Waals surface area (Å²) in [6, 6.07) is 10.4. The van der Waals surface area contributed by atoms with Gasteiger partial charge in [-0.1, -0.05) is 6.07 Å². The molecular weight excluding hydrogens is 426 g/mol. The monoisotopic (exact) mass is 461 g/mol. The lowest BCUT2D eigenvalue weighted by Crippen LogP contribution is -2.61. The van der Waals surface area contributed by atoms with Crippen molar-refractivity contribution >= 4 is 17.4 Å². The Labute approximate surface area is 201 Å². The summed E-state index contributed by atoms with van der Waals surface area (Å²) in [4.78, 5) is 27.1. The molecule has 4 bridgehead atoms. The number of hydrogen-bond donors (Lipinski definition) is 2. The quantitative estimate of drug-likeness (QED) is 0.728. The molecule has 7 rings (SSSR count). The van der Waals surface area contributed by atoms with Gasteiger partial charge in [0.25, 0.3) is 5.91 Å². The molecule has 7 nitrogen and oxygen atoms in total. The number of piperazine rings is 1. The van der Waals surface area contributed by atoms with Gasteiger partial charge in [0.15, 0.2) is 0 Å². The number of carbonyl (C=O) groups excluding carboxylic acids is 1. The van der Waals surface area contributed by atoms with Crippen molar-refractivity contribution in [1.82, 2.24) is 15.3 Å². The summed E-state index contributed by atoms with van der Waals surface area (Å²) in [7, 11) is 0. The van der Waals surface area contributed by atoms with Crippen LogP contribution in [-0.4, -0.2) is 58.3 Å². The van der Waals surface area contributed by atoms with Crippen LogP contribution in [0.3, 0.4) is 0 Å². The SMILES string of the molecule is Cc1ccc(N2CCN(c3cccc(C(=O)NC4C5CC6CC4CC(O)(C6)C5)n3)C(C)C2)cn1. The molecule has 0 aromatic carbocycles. The van der Waals surface area contributed by atoms with Crippen LogP contribution in [0.2, 0.25) is 0 Å². The Balaban J connectivity index is 1.13. The van der Waals surface area contributed by atoms with Gasteiger partial charge in [-0.2, -0.15) is 0 Å². The summed E-state index contributed by atoms with van der Waals surface area (Å²) in [5.74, 6) is 2.21. The van der Waals surface area contributed by atoms with E-state index in [4.69, 9.17) is 4.98 Å². The van der Waals surface area contributed by atoms with Crippen molar-refractivity contribution in [3.63, 3.8) is 0 Å². The molecule has 5 aliphatic rings. The van der Waals surface area contributed by atoms with Gasteiger partial charge in [0, 0.05) is 37.4 Å². The zero-order chi connectivity index (χ0) is 23.4. The number of hydrogen-bond acceptors (Lipinski definition) is 6. The van der Waals surface area contributed by atoms with Crippen molar-refractivity contribution in [2.45, 2.75) is 63.6 Å². The zero-order valence-corrected chi connectivity index (χ0v) is 20.2. The Morgan fingerprint density at radius 3 is 2.59 bits per heavy atom. The van der Waals surface area contributed by atoms with Gasteiger partial charge in [-0.15, -0.1) is 0 Å².